The molecule has 9 aliphatic heterocycles. The van der Waals surface area contributed by atoms with Gasteiger partial charge >= 0.3 is 0 Å². The van der Waals surface area contributed by atoms with Crippen molar-refractivity contribution in [1.29, 1.82) is 0 Å². The molecule has 4 amide bonds. The van der Waals surface area contributed by atoms with E-state index >= 15 is 0 Å². The Hall–Kier alpha value is -3.76. The monoisotopic (exact) mass is 1620 g/mol. The molecule has 0 aromatic rings. The number of nitrogens with one attached hydrogen (secondary N) is 4. The number of hydrogen-bond donors (Lipinski definition) is 28. The molecule has 49 nitrogen and oxygen atoms in total. The van der Waals surface area contributed by atoms with E-state index in [-0.39, 0.29) is 0 Å². The number of aliphatic hydroxyl groups excluding tert-OH is 24. The first-order chi connectivity index (χ1) is 52.4. The summed E-state index contributed by atoms with van der Waals surface area (Å²) >= 11 is 0. The number of carbonyl (C=O) groups is 4. The SMILES string of the molecule is CC(=O)N[C@H]1[C@H](O[C@H]2[C@H](O)[C@@H](NC(C)=O)C(O)O[C@@H]2CO[C@@H]2O[C@@H](C)[C@@H](O)[C@@H](O)[C@@H]2O)O[C@H](CO)[C@@H](O[C@@H]2O[C@H](CO[C@H]3O[C@H](CO)[C@@H](O[C@@H]4O[C@H](CO)[C@@H](O)[C@H](O)[C@H]4NC(C)=O)[C@H](O)[C@@H]3O)[C@@H](O)[C@H](O[C@H]3O[C@H](CO)[C@@H](O)[C@H](O)[C@@H]3O[C@@H]3O[C@H](CO)[C@@H](O[C@@H]4O[C@H](CO)[C@H](O)[C@H](O)[C@H]4O)[C@H](O)[C@H]3NC(C)=O)[C@@H]2O)[C@@H]1O. The zero-order valence-electron chi connectivity index (χ0n) is 59.9. The fourth-order valence-electron chi connectivity index (χ4n) is 14.3. The highest BCUT2D eigenvalue weighted by atomic mass is 16.8. The van der Waals surface area contributed by atoms with Crippen molar-refractivity contribution < 1.29 is 222 Å². The number of hydrogen-bond acceptors (Lipinski definition) is 45. The molecule has 45 atom stereocenters. The van der Waals surface area contributed by atoms with Gasteiger partial charge in [0, 0.05) is 27.7 Å². The fourth-order valence-corrected chi connectivity index (χ4v) is 14.3. The Balaban J connectivity index is 1.03. The summed E-state index contributed by atoms with van der Waals surface area (Å²) in [5, 5.41) is 276. The van der Waals surface area contributed by atoms with Crippen molar-refractivity contribution >= 4 is 23.6 Å². The highest BCUT2D eigenvalue weighted by molar-refractivity contribution is 5.74. The van der Waals surface area contributed by atoms with Gasteiger partial charge in [0.15, 0.2) is 56.6 Å². The first kappa shape index (κ1) is 91.1. The molecule has 9 heterocycles. The summed E-state index contributed by atoms with van der Waals surface area (Å²) in [6.07, 6.45) is -82.6. The smallest absolute Gasteiger partial charge is 0.217 e. The first-order valence-corrected chi connectivity index (χ1v) is 35.5. The average Bonchev–Trinajstić information content (AvgIpc) is 0.768. The van der Waals surface area contributed by atoms with Gasteiger partial charge < -0.3 is 224 Å². The second kappa shape index (κ2) is 39.7. The molecule has 9 fully saturated rings. The Morgan fingerprint density at radius 3 is 1.03 bits per heavy atom. The molecule has 49 heteroatoms. The lowest BCUT2D eigenvalue weighted by Gasteiger charge is -2.51. The fraction of sp³-hybridized carbons (Fsp3) is 0.935. The number of amides is 4. The van der Waals surface area contributed by atoms with Crippen molar-refractivity contribution in [3.63, 3.8) is 0 Å². The van der Waals surface area contributed by atoms with Crippen molar-refractivity contribution in [2.75, 3.05) is 52.9 Å². The number of aliphatic hydroxyl groups is 24. The molecular weight excluding hydrogens is 1520 g/mol. The maximum Gasteiger partial charge on any atom is 0.217 e. The molecule has 0 spiro atoms. The summed E-state index contributed by atoms with van der Waals surface area (Å²) < 4.78 is 100. The summed E-state index contributed by atoms with van der Waals surface area (Å²) in [5.74, 6) is -3.52. The van der Waals surface area contributed by atoms with Crippen LogP contribution >= 0.6 is 0 Å². The van der Waals surface area contributed by atoms with E-state index in [4.69, 9.17) is 80.5 Å². The maximum absolute atomic E-state index is 13.1. The molecule has 0 aromatic carbocycles. The van der Waals surface area contributed by atoms with Gasteiger partial charge in [0.1, 0.15) is 213 Å². The molecule has 0 radical (unpaired) electrons. The molecule has 9 aliphatic rings. The van der Waals surface area contributed by atoms with E-state index < -0.39 is 353 Å². The van der Waals surface area contributed by atoms with Crippen LogP contribution in [0.15, 0.2) is 0 Å². The van der Waals surface area contributed by atoms with Gasteiger partial charge in [0.25, 0.3) is 0 Å². The predicted molar refractivity (Wildman–Crippen MR) is 342 cm³/mol. The highest BCUT2D eigenvalue weighted by Gasteiger charge is 2.61. The third-order valence-corrected chi connectivity index (χ3v) is 20.3. The molecule has 0 aromatic heterocycles. The molecular formula is C62H104N4O45. The maximum atomic E-state index is 13.1. The van der Waals surface area contributed by atoms with Crippen LogP contribution < -0.4 is 21.3 Å². The largest absolute Gasteiger partial charge is 0.394 e. The van der Waals surface area contributed by atoms with Crippen molar-refractivity contribution in [2.24, 2.45) is 0 Å². The number of carbonyl (C=O) groups excluding carboxylic acids is 4. The predicted octanol–water partition coefficient (Wildman–Crippen LogP) is -19.0. The Labute approximate surface area is 629 Å². The third-order valence-electron chi connectivity index (χ3n) is 20.3. The van der Waals surface area contributed by atoms with Crippen molar-refractivity contribution in [1.82, 2.24) is 21.3 Å². The quantitative estimate of drug-likeness (QED) is 0.0346. The van der Waals surface area contributed by atoms with Crippen molar-refractivity contribution in [2.45, 2.75) is 311 Å². The van der Waals surface area contributed by atoms with Gasteiger partial charge in [-0.3, -0.25) is 19.2 Å². The van der Waals surface area contributed by atoms with E-state index in [1.807, 2.05) is 0 Å². The molecule has 9 rings (SSSR count). The third kappa shape index (κ3) is 20.3. The number of rotatable bonds is 28. The summed E-state index contributed by atoms with van der Waals surface area (Å²) in [5.41, 5.74) is 0. The molecule has 642 valence electrons. The zero-order chi connectivity index (χ0) is 81.8. The van der Waals surface area contributed by atoms with E-state index in [1.165, 1.54) is 6.92 Å². The lowest BCUT2D eigenvalue weighted by Crippen LogP contribution is -2.71. The van der Waals surface area contributed by atoms with E-state index in [1.54, 1.807) is 0 Å². The molecule has 0 bridgehead atoms. The molecule has 1 unspecified atom stereocenters. The average molecular weight is 1630 g/mol. The molecule has 28 N–H and O–H groups in total. The van der Waals surface area contributed by atoms with Gasteiger partial charge in [-0.15, -0.1) is 0 Å². The van der Waals surface area contributed by atoms with Crippen LogP contribution in [0.5, 0.6) is 0 Å². The van der Waals surface area contributed by atoms with Crippen LogP contribution in [-0.2, 0) is 99.7 Å². The van der Waals surface area contributed by atoms with E-state index in [0.29, 0.717) is 0 Å². The molecule has 0 saturated carbocycles. The molecule has 9 saturated heterocycles. The van der Waals surface area contributed by atoms with Crippen LogP contribution in [-0.4, -0.2) is 475 Å². The van der Waals surface area contributed by atoms with Gasteiger partial charge in [-0.2, -0.15) is 0 Å². The Morgan fingerprint density at radius 1 is 0.252 bits per heavy atom. The Kier molecular flexibility index (Phi) is 32.6. The summed E-state index contributed by atoms with van der Waals surface area (Å²) in [6, 6.07) is -7.27. The first-order valence-electron chi connectivity index (χ1n) is 35.5. The molecule has 111 heavy (non-hydrogen) atoms. The van der Waals surface area contributed by atoms with E-state index in [0.717, 1.165) is 27.7 Å². The lowest BCUT2D eigenvalue weighted by atomic mass is 9.93. The Morgan fingerprint density at radius 2 is 0.550 bits per heavy atom. The van der Waals surface area contributed by atoms with Crippen molar-refractivity contribution in [3.8, 4) is 0 Å². The standard InChI is InChI=1S/C62H104N4O45/c1-14-31(77)40(86)44(90)58(97-14)96-13-26-51(37(83)27(54(94)98-26)63-15(2)73)107-56-29(65-17(4)75)38(84)49(23(10-71)102-56)109-61-47(93)52(35(81)25(105-61)12-95-59-46(92)43(89)50(24(11-72)104-59)106-55-28(64-16(3)74)36(82)32(78)19(6-67)99-55)110-62-53(42(88)34(80)21(8-69)101-62)111-57-30(66-18(5)76)39(85)48(22(9-70)103-57)108-60-45(91)41(87)33(79)20(7-68)100-60/h14,19-62,67-72,77-94H,6-13H2,1-5H3,(H,63,73)(H,64,74)(H,65,75)(H,66,76)/t14-,19+,20+,21+,22+,23+,24+,25+,26+,27+,28+,29+,30+,31+,32+,33-,34+,35+,36+,37+,38+,39+,40+,41-,42-,43+,44-,45+,46-,47-,48+,49+,50+,51+,52-,53-,54?,55-,56-,57-,58+,59-,60-,61-,62+/m0/s1. The van der Waals surface area contributed by atoms with Crippen LogP contribution in [0, 0.1) is 0 Å². The van der Waals surface area contributed by atoms with Crippen LogP contribution in [0.2, 0.25) is 0 Å². The van der Waals surface area contributed by atoms with Gasteiger partial charge in [0.2, 0.25) is 23.6 Å². The summed E-state index contributed by atoms with van der Waals surface area (Å²) in [6.45, 7) is -3.21. The van der Waals surface area contributed by atoms with Gasteiger partial charge in [-0.05, 0) is 6.92 Å². The second-order valence-electron chi connectivity index (χ2n) is 28.2. The van der Waals surface area contributed by atoms with Crippen LogP contribution in [0.1, 0.15) is 34.6 Å². The zero-order valence-corrected chi connectivity index (χ0v) is 59.9. The van der Waals surface area contributed by atoms with Gasteiger partial charge in [-0.25, -0.2) is 0 Å². The minimum absolute atomic E-state index is 0.791. The second-order valence-corrected chi connectivity index (χ2v) is 28.2. The minimum atomic E-state index is -2.55. The van der Waals surface area contributed by atoms with Crippen LogP contribution in [0.3, 0.4) is 0 Å². The van der Waals surface area contributed by atoms with E-state index in [9.17, 15) is 142 Å². The molecule has 0 aliphatic carbocycles. The summed E-state index contributed by atoms with van der Waals surface area (Å²) in [4.78, 5) is 50.7. The normalized spacial score (nSPS) is 49.3. The summed E-state index contributed by atoms with van der Waals surface area (Å²) in [7, 11) is 0. The van der Waals surface area contributed by atoms with Crippen LogP contribution in [0.25, 0.3) is 0 Å². The Bertz CT molecular complexity index is 2950. The van der Waals surface area contributed by atoms with Crippen LogP contribution in [0.4, 0.5) is 0 Å². The number of ether oxygens (including phenoxy) is 17. The van der Waals surface area contributed by atoms with Gasteiger partial charge in [-0.1, -0.05) is 0 Å². The highest BCUT2D eigenvalue weighted by Crippen LogP contribution is 2.40. The lowest BCUT2D eigenvalue weighted by molar-refractivity contribution is -0.398. The van der Waals surface area contributed by atoms with E-state index in [2.05, 4.69) is 21.3 Å². The minimum Gasteiger partial charge on any atom is -0.394 e. The van der Waals surface area contributed by atoms with Gasteiger partial charge in [0.05, 0.1) is 59.0 Å². The topological polar surface area (TPSA) is 759 Å². The van der Waals surface area contributed by atoms with Crippen molar-refractivity contribution in [3.05, 3.63) is 0 Å².